The highest BCUT2D eigenvalue weighted by atomic mass is 19.1. The van der Waals surface area contributed by atoms with Gasteiger partial charge in [0.15, 0.2) is 0 Å². The summed E-state index contributed by atoms with van der Waals surface area (Å²) < 4.78 is 18.9. The molecule has 0 spiro atoms. The quantitative estimate of drug-likeness (QED) is 0.815. The number of ether oxygens (including phenoxy) is 1. The second kappa shape index (κ2) is 4.75. The monoisotopic (exact) mass is 246 g/mol. The lowest BCUT2D eigenvalue weighted by Crippen LogP contribution is -2.12. The van der Waals surface area contributed by atoms with Gasteiger partial charge in [0.1, 0.15) is 17.3 Å². The van der Waals surface area contributed by atoms with Crippen LogP contribution in [0, 0.1) is 5.82 Å². The molecule has 0 fully saturated rings. The van der Waals surface area contributed by atoms with Gasteiger partial charge in [-0.15, -0.1) is 0 Å². The number of anilines is 1. The topological polar surface area (TPSA) is 78.3 Å². The van der Waals surface area contributed by atoms with Gasteiger partial charge in [-0.3, -0.25) is 4.79 Å². The molecule has 0 heterocycles. The Kier molecular flexibility index (Phi) is 3.14. The van der Waals surface area contributed by atoms with Crippen LogP contribution >= 0.6 is 0 Å². The third kappa shape index (κ3) is 2.40. The first-order valence-electron chi connectivity index (χ1n) is 5.19. The van der Waals surface area contributed by atoms with Crippen molar-refractivity contribution in [3.05, 3.63) is 53.8 Å². The fraction of sp³-hybridized carbons (Fsp3) is 0. The van der Waals surface area contributed by atoms with Crippen LogP contribution in [0.2, 0.25) is 0 Å². The molecule has 4 nitrogen and oxygen atoms in total. The van der Waals surface area contributed by atoms with Crippen molar-refractivity contribution in [2.75, 3.05) is 5.73 Å². The summed E-state index contributed by atoms with van der Waals surface area (Å²) in [5, 5.41) is 0. The van der Waals surface area contributed by atoms with Crippen molar-refractivity contribution in [3.63, 3.8) is 0 Å². The van der Waals surface area contributed by atoms with Crippen LogP contribution in [0.3, 0.4) is 0 Å². The predicted octanol–water partition coefficient (Wildman–Crippen LogP) is 2.30. The number of amides is 1. The van der Waals surface area contributed by atoms with Crippen molar-refractivity contribution >= 4 is 11.6 Å². The van der Waals surface area contributed by atoms with Crippen molar-refractivity contribution in [2.24, 2.45) is 5.73 Å². The van der Waals surface area contributed by atoms with Gasteiger partial charge >= 0.3 is 0 Å². The smallest absolute Gasteiger partial charge is 0.251 e. The van der Waals surface area contributed by atoms with Crippen LogP contribution in [0.25, 0.3) is 0 Å². The lowest BCUT2D eigenvalue weighted by atomic mass is 10.2. The van der Waals surface area contributed by atoms with Gasteiger partial charge < -0.3 is 16.2 Å². The molecule has 0 aromatic heterocycles. The Morgan fingerprint density at radius 3 is 2.50 bits per heavy atom. The lowest BCUT2D eigenvalue weighted by Gasteiger charge is -2.08. The molecule has 0 saturated heterocycles. The van der Waals surface area contributed by atoms with E-state index >= 15 is 0 Å². The zero-order valence-electron chi connectivity index (χ0n) is 9.39. The zero-order valence-corrected chi connectivity index (χ0v) is 9.39. The van der Waals surface area contributed by atoms with Crippen molar-refractivity contribution in [2.45, 2.75) is 0 Å². The van der Waals surface area contributed by atoms with Gasteiger partial charge in [0.25, 0.3) is 5.91 Å². The number of para-hydroxylation sites is 2. The summed E-state index contributed by atoms with van der Waals surface area (Å²) in [5.74, 6) is -0.882. The summed E-state index contributed by atoms with van der Waals surface area (Å²) in [6.45, 7) is 0. The SMILES string of the molecule is NC(=O)c1ccc(Oc2ccccc2N)cc1F. The van der Waals surface area contributed by atoms with Gasteiger partial charge in [0.2, 0.25) is 0 Å². The first-order valence-corrected chi connectivity index (χ1v) is 5.19. The highest BCUT2D eigenvalue weighted by Crippen LogP contribution is 2.27. The molecule has 18 heavy (non-hydrogen) atoms. The summed E-state index contributed by atoms with van der Waals surface area (Å²) >= 11 is 0. The van der Waals surface area contributed by atoms with Crippen molar-refractivity contribution in [3.8, 4) is 11.5 Å². The number of carbonyl (C=O) groups is 1. The number of rotatable bonds is 3. The van der Waals surface area contributed by atoms with E-state index in [0.29, 0.717) is 11.4 Å². The number of halogens is 1. The summed E-state index contributed by atoms with van der Waals surface area (Å²) in [6.07, 6.45) is 0. The summed E-state index contributed by atoms with van der Waals surface area (Å²) in [7, 11) is 0. The maximum absolute atomic E-state index is 13.5. The molecular formula is C13H11FN2O2. The number of hydrogen-bond donors (Lipinski definition) is 2. The van der Waals surface area contributed by atoms with E-state index in [1.54, 1.807) is 24.3 Å². The lowest BCUT2D eigenvalue weighted by molar-refractivity contribution is 0.0996. The Bertz CT molecular complexity index is 599. The molecule has 0 radical (unpaired) electrons. The second-order valence-electron chi connectivity index (χ2n) is 3.65. The highest BCUT2D eigenvalue weighted by molar-refractivity contribution is 5.93. The van der Waals surface area contributed by atoms with Crippen molar-refractivity contribution in [1.29, 1.82) is 0 Å². The first-order chi connectivity index (χ1) is 8.58. The molecular weight excluding hydrogens is 235 g/mol. The van der Waals surface area contributed by atoms with Crippen LogP contribution in [0.4, 0.5) is 10.1 Å². The molecule has 5 heteroatoms. The molecule has 4 N–H and O–H groups in total. The van der Waals surface area contributed by atoms with E-state index in [9.17, 15) is 9.18 Å². The second-order valence-corrected chi connectivity index (χ2v) is 3.65. The van der Waals surface area contributed by atoms with Crippen LogP contribution in [0.1, 0.15) is 10.4 Å². The summed E-state index contributed by atoms with van der Waals surface area (Å²) in [6, 6.07) is 10.7. The van der Waals surface area contributed by atoms with Crippen LogP contribution < -0.4 is 16.2 Å². The number of nitrogen functional groups attached to an aromatic ring is 1. The van der Waals surface area contributed by atoms with E-state index in [-0.39, 0.29) is 11.3 Å². The van der Waals surface area contributed by atoms with Crippen molar-refractivity contribution in [1.82, 2.24) is 0 Å². The number of benzene rings is 2. The summed E-state index contributed by atoms with van der Waals surface area (Å²) in [4.78, 5) is 10.9. The fourth-order valence-corrected chi connectivity index (χ4v) is 1.46. The Morgan fingerprint density at radius 2 is 1.89 bits per heavy atom. The normalized spacial score (nSPS) is 10.1. The molecule has 0 atom stereocenters. The molecule has 0 aliphatic carbocycles. The van der Waals surface area contributed by atoms with Gasteiger partial charge in [0, 0.05) is 6.07 Å². The molecule has 2 aromatic rings. The molecule has 92 valence electrons. The molecule has 0 unspecified atom stereocenters. The maximum atomic E-state index is 13.5. The largest absolute Gasteiger partial charge is 0.455 e. The Labute approximate surface area is 103 Å². The molecule has 0 aliphatic heterocycles. The minimum Gasteiger partial charge on any atom is -0.455 e. The minimum atomic E-state index is -0.821. The van der Waals surface area contributed by atoms with Crippen LogP contribution in [0.15, 0.2) is 42.5 Å². The molecule has 0 aliphatic rings. The van der Waals surface area contributed by atoms with E-state index in [2.05, 4.69) is 0 Å². The molecule has 0 bridgehead atoms. The van der Waals surface area contributed by atoms with Crippen molar-refractivity contribution < 1.29 is 13.9 Å². The van der Waals surface area contributed by atoms with Gasteiger partial charge in [-0.05, 0) is 24.3 Å². The van der Waals surface area contributed by atoms with E-state index in [4.69, 9.17) is 16.2 Å². The minimum absolute atomic E-state index is 0.177. The van der Waals surface area contributed by atoms with E-state index in [1.807, 2.05) is 0 Å². The number of hydrogen-bond acceptors (Lipinski definition) is 3. The Balaban J connectivity index is 2.29. The van der Waals surface area contributed by atoms with E-state index < -0.39 is 11.7 Å². The predicted molar refractivity (Wildman–Crippen MR) is 65.8 cm³/mol. The Hall–Kier alpha value is -2.56. The average molecular weight is 246 g/mol. The van der Waals surface area contributed by atoms with Crippen LogP contribution in [0.5, 0.6) is 11.5 Å². The number of nitrogens with two attached hydrogens (primary N) is 2. The molecule has 2 rings (SSSR count). The third-order valence-corrected chi connectivity index (χ3v) is 2.35. The zero-order chi connectivity index (χ0) is 13.1. The van der Waals surface area contributed by atoms with E-state index in [0.717, 1.165) is 6.07 Å². The van der Waals surface area contributed by atoms with Gasteiger partial charge in [-0.25, -0.2) is 4.39 Å². The van der Waals surface area contributed by atoms with Gasteiger partial charge in [-0.1, -0.05) is 12.1 Å². The Morgan fingerprint density at radius 1 is 1.17 bits per heavy atom. The van der Waals surface area contributed by atoms with Gasteiger partial charge in [-0.2, -0.15) is 0 Å². The summed E-state index contributed by atoms with van der Waals surface area (Å²) in [5.41, 5.74) is 11.0. The molecule has 2 aromatic carbocycles. The number of carbonyl (C=O) groups excluding carboxylic acids is 1. The number of primary amides is 1. The maximum Gasteiger partial charge on any atom is 0.251 e. The van der Waals surface area contributed by atoms with Gasteiger partial charge in [0.05, 0.1) is 11.3 Å². The van der Waals surface area contributed by atoms with E-state index in [1.165, 1.54) is 12.1 Å². The van der Waals surface area contributed by atoms with Crippen LogP contribution in [-0.4, -0.2) is 5.91 Å². The first kappa shape index (κ1) is 11.9. The third-order valence-electron chi connectivity index (χ3n) is 2.35. The standard InChI is InChI=1S/C13H11FN2O2/c14-10-7-8(5-6-9(10)13(16)17)18-12-4-2-1-3-11(12)15/h1-7H,15H2,(H2,16,17). The van der Waals surface area contributed by atoms with Crippen LogP contribution in [-0.2, 0) is 0 Å². The fourth-order valence-electron chi connectivity index (χ4n) is 1.46. The highest BCUT2D eigenvalue weighted by Gasteiger charge is 2.10. The average Bonchev–Trinajstić information content (AvgIpc) is 2.32. The molecule has 0 saturated carbocycles. The molecule has 1 amide bonds.